The van der Waals surface area contributed by atoms with Crippen LogP contribution in [0.15, 0.2) is 30.3 Å². The number of alkyl halides is 3. The van der Waals surface area contributed by atoms with Gasteiger partial charge in [0.1, 0.15) is 0 Å². The van der Waals surface area contributed by atoms with E-state index in [0.717, 1.165) is 18.9 Å². The lowest BCUT2D eigenvalue weighted by molar-refractivity contribution is -0.141. The highest BCUT2D eigenvalue weighted by Crippen LogP contribution is 2.42. The lowest BCUT2D eigenvalue weighted by Crippen LogP contribution is -2.28. The fraction of sp³-hybridized carbons (Fsp3) is 0.375. The molecule has 0 aliphatic heterocycles. The molecule has 1 aromatic carbocycles. The minimum Gasteiger partial charge on any atom is -0.350 e. The van der Waals surface area contributed by atoms with Crippen LogP contribution < -0.4 is 5.32 Å². The maximum atomic E-state index is 12.8. The predicted octanol–water partition coefficient (Wildman–Crippen LogP) is 3.86. The van der Waals surface area contributed by atoms with Crippen LogP contribution in [0.25, 0.3) is 0 Å². The second kappa shape index (κ2) is 6.47. The molecule has 2 aromatic rings. The van der Waals surface area contributed by atoms with Crippen LogP contribution in [0.3, 0.4) is 0 Å². The minimum atomic E-state index is -4.46. The predicted molar refractivity (Wildman–Crippen MR) is 83.0 cm³/mol. The third kappa shape index (κ3) is 3.90. The second-order valence-electron chi connectivity index (χ2n) is 5.71. The number of nitrogens with one attached hydrogen (secondary N) is 1. The molecule has 0 atom stereocenters. The molecule has 0 spiro atoms. The van der Waals surface area contributed by atoms with Crippen molar-refractivity contribution >= 4 is 17.5 Å². The van der Waals surface area contributed by atoms with E-state index in [4.69, 9.17) is 11.6 Å². The number of carbonyl (C=O) groups excluding carboxylic acids is 1. The van der Waals surface area contributed by atoms with Crippen molar-refractivity contribution in [2.75, 3.05) is 6.54 Å². The Morgan fingerprint density at radius 3 is 2.54 bits per heavy atom. The van der Waals surface area contributed by atoms with E-state index in [1.807, 2.05) is 0 Å². The van der Waals surface area contributed by atoms with Crippen molar-refractivity contribution in [1.82, 2.24) is 15.1 Å². The van der Waals surface area contributed by atoms with E-state index < -0.39 is 11.9 Å². The molecule has 0 unspecified atom stereocenters. The van der Waals surface area contributed by atoms with Crippen LogP contribution in [-0.2, 0) is 12.7 Å². The van der Waals surface area contributed by atoms with Crippen LogP contribution in [0, 0.1) is 0 Å². The highest BCUT2D eigenvalue weighted by molar-refractivity contribution is 6.30. The van der Waals surface area contributed by atoms with Crippen LogP contribution in [0.2, 0.25) is 5.02 Å². The van der Waals surface area contributed by atoms with E-state index >= 15 is 0 Å². The van der Waals surface area contributed by atoms with Crippen LogP contribution in [0.4, 0.5) is 13.2 Å². The van der Waals surface area contributed by atoms with Gasteiger partial charge in [0.25, 0.3) is 5.91 Å². The average molecular weight is 358 g/mol. The molecular weight excluding hydrogens is 343 g/mol. The van der Waals surface area contributed by atoms with Crippen molar-refractivity contribution in [3.8, 4) is 0 Å². The molecule has 24 heavy (non-hydrogen) atoms. The fourth-order valence-corrected chi connectivity index (χ4v) is 2.56. The molecule has 1 amide bonds. The van der Waals surface area contributed by atoms with Gasteiger partial charge in [-0.3, -0.25) is 9.48 Å². The minimum absolute atomic E-state index is 0.139. The Kier molecular flexibility index (Phi) is 4.54. The van der Waals surface area contributed by atoms with E-state index in [-0.39, 0.29) is 24.9 Å². The molecule has 1 aliphatic carbocycles. The largest absolute Gasteiger partial charge is 0.435 e. The van der Waals surface area contributed by atoms with Gasteiger partial charge in [0.2, 0.25) is 0 Å². The molecule has 128 valence electrons. The van der Waals surface area contributed by atoms with Crippen LogP contribution in [0.1, 0.15) is 40.5 Å². The zero-order valence-corrected chi connectivity index (χ0v) is 13.4. The molecule has 1 saturated carbocycles. The van der Waals surface area contributed by atoms with Crippen molar-refractivity contribution in [1.29, 1.82) is 0 Å². The van der Waals surface area contributed by atoms with E-state index in [0.29, 0.717) is 16.3 Å². The molecular formula is C16H15ClF3N3O. The Bertz CT molecular complexity index is 736. The van der Waals surface area contributed by atoms with Gasteiger partial charge in [-0.1, -0.05) is 11.6 Å². The first-order chi connectivity index (χ1) is 11.3. The molecule has 1 fully saturated rings. The van der Waals surface area contributed by atoms with Crippen LogP contribution >= 0.6 is 11.6 Å². The van der Waals surface area contributed by atoms with Crippen molar-refractivity contribution in [2.45, 2.75) is 31.5 Å². The van der Waals surface area contributed by atoms with Gasteiger partial charge < -0.3 is 5.32 Å². The maximum Gasteiger partial charge on any atom is 0.435 e. The van der Waals surface area contributed by atoms with E-state index in [9.17, 15) is 18.0 Å². The summed E-state index contributed by atoms with van der Waals surface area (Å²) in [4.78, 5) is 12.0. The lowest BCUT2D eigenvalue weighted by atomic mass is 10.2. The number of rotatable bonds is 5. The third-order valence-electron chi connectivity index (χ3n) is 3.81. The third-order valence-corrected chi connectivity index (χ3v) is 4.06. The van der Waals surface area contributed by atoms with Gasteiger partial charge in [-0.25, -0.2) is 0 Å². The number of hydrogen-bond donors (Lipinski definition) is 1. The standard InChI is InChI=1S/C16H15ClF3N3O/c17-12-5-3-11(4-6-12)15(24)21-7-8-23-13(10-1-2-10)9-14(22-23)16(18,19)20/h3-6,9-10H,1-2,7-8H2,(H,21,24). The van der Waals surface area contributed by atoms with E-state index in [2.05, 4.69) is 10.4 Å². The average Bonchev–Trinajstić information content (AvgIpc) is 3.27. The molecule has 4 nitrogen and oxygen atoms in total. The molecule has 8 heteroatoms. The Morgan fingerprint density at radius 1 is 1.29 bits per heavy atom. The summed E-state index contributed by atoms with van der Waals surface area (Å²) in [6, 6.07) is 7.49. The van der Waals surface area contributed by atoms with Gasteiger partial charge in [0, 0.05) is 28.7 Å². The summed E-state index contributed by atoms with van der Waals surface area (Å²) in [6.07, 6.45) is -2.71. The molecule has 1 aliphatic rings. The van der Waals surface area contributed by atoms with Gasteiger partial charge in [-0.05, 0) is 43.2 Å². The first-order valence-electron chi connectivity index (χ1n) is 7.53. The summed E-state index contributed by atoms with van der Waals surface area (Å²) in [6.45, 7) is 0.390. The fourth-order valence-electron chi connectivity index (χ4n) is 2.44. The molecule has 0 saturated heterocycles. The summed E-state index contributed by atoms with van der Waals surface area (Å²) >= 11 is 5.76. The smallest absolute Gasteiger partial charge is 0.350 e. The van der Waals surface area contributed by atoms with Crippen molar-refractivity contribution < 1.29 is 18.0 Å². The summed E-state index contributed by atoms with van der Waals surface area (Å²) in [5, 5.41) is 6.85. The Morgan fingerprint density at radius 2 is 1.96 bits per heavy atom. The number of hydrogen-bond acceptors (Lipinski definition) is 2. The molecule has 0 bridgehead atoms. The maximum absolute atomic E-state index is 12.8. The normalized spacial score (nSPS) is 14.7. The van der Waals surface area contributed by atoms with E-state index in [1.54, 1.807) is 24.3 Å². The number of benzene rings is 1. The van der Waals surface area contributed by atoms with Gasteiger partial charge in [0.15, 0.2) is 5.69 Å². The van der Waals surface area contributed by atoms with Crippen molar-refractivity contribution in [3.05, 3.63) is 52.3 Å². The first-order valence-corrected chi connectivity index (χ1v) is 7.91. The van der Waals surface area contributed by atoms with Crippen LogP contribution in [-0.4, -0.2) is 22.2 Å². The Labute approximate surface area is 141 Å². The van der Waals surface area contributed by atoms with Crippen molar-refractivity contribution in [2.24, 2.45) is 0 Å². The summed E-state index contributed by atoms with van der Waals surface area (Å²) in [5.74, 6) is -0.164. The monoisotopic (exact) mass is 357 g/mol. The summed E-state index contributed by atoms with van der Waals surface area (Å²) < 4.78 is 39.8. The van der Waals surface area contributed by atoms with Gasteiger partial charge in [-0.2, -0.15) is 18.3 Å². The number of amides is 1. The van der Waals surface area contributed by atoms with E-state index in [1.165, 1.54) is 4.68 Å². The van der Waals surface area contributed by atoms with Crippen molar-refractivity contribution in [3.63, 3.8) is 0 Å². The molecule has 0 radical (unpaired) electrons. The highest BCUT2D eigenvalue weighted by atomic mass is 35.5. The number of nitrogens with zero attached hydrogens (tertiary/aromatic N) is 2. The quantitative estimate of drug-likeness (QED) is 0.883. The van der Waals surface area contributed by atoms with Gasteiger partial charge in [-0.15, -0.1) is 0 Å². The van der Waals surface area contributed by atoms with Gasteiger partial charge in [0.05, 0.1) is 6.54 Å². The summed E-state index contributed by atoms with van der Waals surface area (Å²) in [5.41, 5.74) is 0.148. The number of aromatic nitrogens is 2. The zero-order chi connectivity index (χ0) is 17.3. The lowest BCUT2D eigenvalue weighted by Gasteiger charge is -2.08. The molecule has 1 N–H and O–H groups in total. The topological polar surface area (TPSA) is 46.9 Å². The SMILES string of the molecule is O=C(NCCn1nc(C(F)(F)F)cc1C1CC1)c1ccc(Cl)cc1. The Hall–Kier alpha value is -2.02. The molecule has 3 rings (SSSR count). The van der Waals surface area contributed by atoms with Crippen LogP contribution in [0.5, 0.6) is 0 Å². The molecule has 1 aromatic heterocycles. The highest BCUT2D eigenvalue weighted by Gasteiger charge is 2.37. The number of carbonyl (C=O) groups is 1. The zero-order valence-electron chi connectivity index (χ0n) is 12.6. The summed E-state index contributed by atoms with van der Waals surface area (Å²) in [7, 11) is 0. The first kappa shape index (κ1) is 16.8. The Balaban J connectivity index is 1.63. The van der Waals surface area contributed by atoms with Gasteiger partial charge >= 0.3 is 6.18 Å². The second-order valence-corrected chi connectivity index (χ2v) is 6.15. The number of halogens is 4. The molecule has 1 heterocycles.